The summed E-state index contributed by atoms with van der Waals surface area (Å²) in [6, 6.07) is 6.25. The summed E-state index contributed by atoms with van der Waals surface area (Å²) in [5.41, 5.74) is 7.85. The van der Waals surface area contributed by atoms with Crippen LogP contribution in [0.2, 0.25) is 0 Å². The second-order valence-corrected chi connectivity index (χ2v) is 5.70. The van der Waals surface area contributed by atoms with Gasteiger partial charge >= 0.3 is 0 Å². The normalized spacial score (nSPS) is 12.6. The van der Waals surface area contributed by atoms with Gasteiger partial charge in [0, 0.05) is 22.5 Å². The SMILES string of the molecule is Cc1ccc(-c2noc(CCCC(C)N)n2)cc1Br. The molecule has 0 saturated heterocycles. The molecule has 0 spiro atoms. The maximum Gasteiger partial charge on any atom is 0.226 e. The van der Waals surface area contributed by atoms with Gasteiger partial charge in [-0.2, -0.15) is 4.98 Å². The molecule has 1 atom stereocenters. The van der Waals surface area contributed by atoms with Gasteiger partial charge in [0.1, 0.15) is 0 Å². The number of aryl methyl sites for hydroxylation is 2. The van der Waals surface area contributed by atoms with E-state index in [1.54, 1.807) is 0 Å². The molecule has 1 heterocycles. The molecule has 0 fully saturated rings. The summed E-state index contributed by atoms with van der Waals surface area (Å²) in [4.78, 5) is 4.41. The number of hydrogen-bond donors (Lipinski definition) is 1. The van der Waals surface area contributed by atoms with Gasteiger partial charge in [-0.1, -0.05) is 33.2 Å². The van der Waals surface area contributed by atoms with Crippen molar-refractivity contribution in [3.8, 4) is 11.4 Å². The first-order valence-corrected chi connectivity index (χ1v) is 7.20. The van der Waals surface area contributed by atoms with Gasteiger partial charge in [0.25, 0.3) is 0 Å². The van der Waals surface area contributed by atoms with Crippen LogP contribution in [-0.2, 0) is 6.42 Å². The van der Waals surface area contributed by atoms with Gasteiger partial charge in [-0.25, -0.2) is 0 Å². The number of rotatable bonds is 5. The second kappa shape index (κ2) is 6.30. The van der Waals surface area contributed by atoms with Crippen LogP contribution in [-0.4, -0.2) is 16.2 Å². The van der Waals surface area contributed by atoms with Crippen molar-refractivity contribution in [2.75, 3.05) is 0 Å². The lowest BCUT2D eigenvalue weighted by molar-refractivity contribution is 0.373. The molecule has 0 amide bonds. The van der Waals surface area contributed by atoms with E-state index in [4.69, 9.17) is 10.3 Å². The molecule has 1 aromatic heterocycles. The Balaban J connectivity index is 2.05. The average Bonchev–Trinajstić information content (AvgIpc) is 2.81. The summed E-state index contributed by atoms with van der Waals surface area (Å²) < 4.78 is 6.30. The Morgan fingerprint density at radius 3 is 2.89 bits per heavy atom. The topological polar surface area (TPSA) is 64.9 Å². The van der Waals surface area contributed by atoms with Gasteiger partial charge in [-0.05, 0) is 38.3 Å². The minimum atomic E-state index is 0.218. The fourth-order valence-corrected chi connectivity index (χ4v) is 2.16. The number of nitrogens with two attached hydrogens (primary N) is 1. The first kappa shape index (κ1) is 14.2. The number of hydrogen-bond acceptors (Lipinski definition) is 4. The van der Waals surface area contributed by atoms with Crippen LogP contribution in [0.25, 0.3) is 11.4 Å². The highest BCUT2D eigenvalue weighted by molar-refractivity contribution is 9.10. The zero-order valence-electron chi connectivity index (χ0n) is 11.2. The predicted molar refractivity (Wildman–Crippen MR) is 78.8 cm³/mol. The Labute approximate surface area is 121 Å². The standard InChI is InChI=1S/C14H18BrN3O/c1-9-6-7-11(8-12(9)15)14-17-13(19-18-14)5-3-4-10(2)16/h6-8,10H,3-5,16H2,1-2H3. The lowest BCUT2D eigenvalue weighted by atomic mass is 10.1. The summed E-state index contributed by atoms with van der Waals surface area (Å²) in [6.45, 7) is 4.05. The Morgan fingerprint density at radius 2 is 2.21 bits per heavy atom. The minimum Gasteiger partial charge on any atom is -0.339 e. The molecule has 19 heavy (non-hydrogen) atoms. The summed E-state index contributed by atoms with van der Waals surface area (Å²) in [5, 5.41) is 4.02. The van der Waals surface area contributed by atoms with E-state index >= 15 is 0 Å². The maximum atomic E-state index is 5.71. The first-order valence-electron chi connectivity index (χ1n) is 6.41. The van der Waals surface area contributed by atoms with Crippen molar-refractivity contribution in [3.05, 3.63) is 34.1 Å². The number of aromatic nitrogens is 2. The van der Waals surface area contributed by atoms with Crippen LogP contribution in [0.3, 0.4) is 0 Å². The van der Waals surface area contributed by atoms with E-state index in [0.717, 1.165) is 29.3 Å². The van der Waals surface area contributed by atoms with Gasteiger partial charge in [-0.3, -0.25) is 0 Å². The smallest absolute Gasteiger partial charge is 0.226 e. The third-order valence-electron chi connectivity index (χ3n) is 2.95. The lowest BCUT2D eigenvalue weighted by Crippen LogP contribution is -2.14. The van der Waals surface area contributed by atoms with E-state index < -0.39 is 0 Å². The molecule has 0 aliphatic heterocycles. The fourth-order valence-electron chi connectivity index (χ4n) is 1.78. The van der Waals surface area contributed by atoms with E-state index in [9.17, 15) is 0 Å². The highest BCUT2D eigenvalue weighted by Gasteiger charge is 2.09. The molecule has 4 nitrogen and oxygen atoms in total. The monoisotopic (exact) mass is 323 g/mol. The zero-order valence-corrected chi connectivity index (χ0v) is 12.8. The molecule has 1 unspecified atom stereocenters. The van der Waals surface area contributed by atoms with Gasteiger partial charge in [0.15, 0.2) is 0 Å². The molecule has 0 saturated carbocycles. The van der Waals surface area contributed by atoms with Crippen LogP contribution >= 0.6 is 15.9 Å². The van der Waals surface area contributed by atoms with Crippen molar-refractivity contribution in [2.45, 2.75) is 39.2 Å². The van der Waals surface area contributed by atoms with Crippen LogP contribution < -0.4 is 5.73 Å². The lowest BCUT2D eigenvalue weighted by Gasteiger charge is -2.01. The molecule has 2 aromatic rings. The van der Waals surface area contributed by atoms with Crippen LogP contribution in [0.15, 0.2) is 27.2 Å². The Hall–Kier alpha value is -1.20. The third kappa shape index (κ3) is 3.88. The van der Waals surface area contributed by atoms with Gasteiger partial charge in [-0.15, -0.1) is 0 Å². The molecule has 0 aliphatic rings. The van der Waals surface area contributed by atoms with Gasteiger partial charge in [0.05, 0.1) is 0 Å². The van der Waals surface area contributed by atoms with E-state index in [1.165, 1.54) is 5.56 Å². The molecule has 0 radical (unpaired) electrons. The van der Waals surface area contributed by atoms with Crippen LogP contribution in [0, 0.1) is 6.92 Å². The highest BCUT2D eigenvalue weighted by Crippen LogP contribution is 2.23. The Bertz CT molecular complexity index is 551. The van der Waals surface area contributed by atoms with Crippen LogP contribution in [0.5, 0.6) is 0 Å². The summed E-state index contributed by atoms with van der Waals surface area (Å²) in [6.07, 6.45) is 2.71. The van der Waals surface area contributed by atoms with E-state index in [1.807, 2.05) is 32.0 Å². The molecule has 0 bridgehead atoms. The summed E-state index contributed by atoms with van der Waals surface area (Å²) in [5.74, 6) is 1.31. The third-order valence-corrected chi connectivity index (χ3v) is 3.80. The first-order chi connectivity index (χ1) is 9.06. The molecule has 2 rings (SSSR count). The Morgan fingerprint density at radius 1 is 1.42 bits per heavy atom. The number of nitrogens with zero attached hydrogens (tertiary/aromatic N) is 2. The van der Waals surface area contributed by atoms with Crippen molar-refractivity contribution in [3.63, 3.8) is 0 Å². The van der Waals surface area contributed by atoms with Crippen LogP contribution in [0.1, 0.15) is 31.2 Å². The quantitative estimate of drug-likeness (QED) is 0.914. The van der Waals surface area contributed by atoms with Crippen molar-refractivity contribution in [1.29, 1.82) is 0 Å². The fraction of sp³-hybridized carbons (Fsp3) is 0.429. The molecule has 2 N–H and O–H groups in total. The van der Waals surface area contributed by atoms with Gasteiger partial charge < -0.3 is 10.3 Å². The molecule has 102 valence electrons. The number of benzene rings is 1. The van der Waals surface area contributed by atoms with E-state index in [2.05, 4.69) is 26.1 Å². The molecular weight excluding hydrogens is 306 g/mol. The average molecular weight is 324 g/mol. The number of halogens is 1. The molecule has 5 heteroatoms. The molecular formula is C14H18BrN3O. The second-order valence-electron chi connectivity index (χ2n) is 4.85. The molecule has 0 aliphatic carbocycles. The largest absolute Gasteiger partial charge is 0.339 e. The Kier molecular flexibility index (Phi) is 4.71. The summed E-state index contributed by atoms with van der Waals surface area (Å²) >= 11 is 3.51. The zero-order chi connectivity index (χ0) is 13.8. The van der Waals surface area contributed by atoms with Crippen molar-refractivity contribution in [1.82, 2.24) is 10.1 Å². The summed E-state index contributed by atoms with van der Waals surface area (Å²) in [7, 11) is 0. The van der Waals surface area contributed by atoms with Gasteiger partial charge in [0.2, 0.25) is 11.7 Å². The van der Waals surface area contributed by atoms with Crippen molar-refractivity contribution in [2.24, 2.45) is 5.73 Å². The van der Waals surface area contributed by atoms with Crippen molar-refractivity contribution < 1.29 is 4.52 Å². The predicted octanol–water partition coefficient (Wildman–Crippen LogP) is 3.48. The minimum absolute atomic E-state index is 0.218. The maximum absolute atomic E-state index is 5.71. The highest BCUT2D eigenvalue weighted by atomic mass is 79.9. The van der Waals surface area contributed by atoms with E-state index in [-0.39, 0.29) is 6.04 Å². The van der Waals surface area contributed by atoms with Crippen LogP contribution in [0.4, 0.5) is 0 Å². The van der Waals surface area contributed by atoms with Crippen molar-refractivity contribution >= 4 is 15.9 Å². The molecule has 1 aromatic carbocycles. The van der Waals surface area contributed by atoms with E-state index in [0.29, 0.717) is 11.7 Å².